The second kappa shape index (κ2) is 6.10. The highest BCUT2D eigenvalue weighted by molar-refractivity contribution is 5.82. The van der Waals surface area contributed by atoms with Gasteiger partial charge in [0.15, 0.2) is 5.69 Å². The van der Waals surface area contributed by atoms with E-state index in [0.717, 1.165) is 0 Å². The number of aromatic hydroxyl groups is 1. The van der Waals surface area contributed by atoms with Gasteiger partial charge in [0.25, 0.3) is 5.69 Å². The lowest BCUT2D eigenvalue weighted by atomic mass is 10.2. The van der Waals surface area contributed by atoms with Gasteiger partial charge in [-0.25, -0.2) is 4.98 Å². The Kier molecular flexibility index (Phi) is 3.84. The molecule has 0 atom stereocenters. The van der Waals surface area contributed by atoms with Crippen LogP contribution >= 0.6 is 0 Å². The van der Waals surface area contributed by atoms with Crippen LogP contribution in [0.1, 0.15) is 5.69 Å². The number of aromatic nitrogens is 1. The van der Waals surface area contributed by atoms with Crippen molar-refractivity contribution in [1.82, 2.24) is 4.98 Å². The Morgan fingerprint density at radius 3 is 2.48 bits per heavy atom. The zero-order chi connectivity index (χ0) is 16.2. The van der Waals surface area contributed by atoms with Crippen LogP contribution in [0.5, 0.6) is 5.95 Å². The van der Waals surface area contributed by atoms with Crippen molar-refractivity contribution in [3.63, 3.8) is 0 Å². The predicted octanol–water partition coefficient (Wildman–Crippen LogP) is 3.71. The molecule has 0 aliphatic heterocycles. The molecule has 1 heterocycles. The third kappa shape index (κ3) is 3.24. The van der Waals surface area contributed by atoms with E-state index < -0.39 is 4.92 Å². The summed E-state index contributed by atoms with van der Waals surface area (Å²) in [7, 11) is 0. The molecule has 114 valence electrons. The van der Waals surface area contributed by atoms with Gasteiger partial charge in [-0.1, -0.05) is 18.2 Å². The third-order valence-electron chi connectivity index (χ3n) is 3.05. The van der Waals surface area contributed by atoms with Gasteiger partial charge in [-0.05, 0) is 24.3 Å². The van der Waals surface area contributed by atoms with Gasteiger partial charge in [-0.3, -0.25) is 15.1 Å². The fraction of sp³-hybridized carbons (Fsp3) is 0. The summed E-state index contributed by atoms with van der Waals surface area (Å²) >= 11 is 0. The molecule has 0 bridgehead atoms. The highest BCUT2D eigenvalue weighted by Gasteiger charge is 2.13. The Morgan fingerprint density at radius 2 is 1.83 bits per heavy atom. The molecule has 7 heteroatoms. The van der Waals surface area contributed by atoms with E-state index in [1.54, 1.807) is 0 Å². The lowest BCUT2D eigenvalue weighted by molar-refractivity contribution is -0.384. The van der Waals surface area contributed by atoms with E-state index in [4.69, 9.17) is 4.42 Å². The number of aliphatic imine (C=N–C) groups is 1. The molecule has 1 N–H and O–H groups in total. The first-order chi connectivity index (χ1) is 11.1. The van der Waals surface area contributed by atoms with Crippen LogP contribution in [-0.2, 0) is 0 Å². The Hall–Kier alpha value is -3.48. The number of hydrogen-bond donors (Lipinski definition) is 1. The number of non-ortho nitro benzene ring substituents is 1. The fourth-order valence-corrected chi connectivity index (χ4v) is 1.91. The molecule has 0 aliphatic carbocycles. The first-order valence-electron chi connectivity index (χ1n) is 6.67. The van der Waals surface area contributed by atoms with Crippen molar-refractivity contribution in [1.29, 1.82) is 0 Å². The van der Waals surface area contributed by atoms with Gasteiger partial charge in [-0.15, -0.1) is 0 Å². The van der Waals surface area contributed by atoms with E-state index in [9.17, 15) is 15.2 Å². The zero-order valence-electron chi connectivity index (χ0n) is 11.8. The first-order valence-corrected chi connectivity index (χ1v) is 6.67. The molecular formula is C16H11N3O4. The molecule has 0 saturated heterocycles. The second-order valence-corrected chi connectivity index (χ2v) is 4.61. The van der Waals surface area contributed by atoms with Gasteiger partial charge in [0, 0.05) is 17.7 Å². The molecule has 0 unspecified atom stereocenters. The van der Waals surface area contributed by atoms with Crippen molar-refractivity contribution >= 4 is 17.6 Å². The highest BCUT2D eigenvalue weighted by Crippen LogP contribution is 2.27. The van der Waals surface area contributed by atoms with Crippen LogP contribution < -0.4 is 0 Å². The number of rotatable bonds is 4. The Labute approximate surface area is 130 Å². The van der Waals surface area contributed by atoms with Crippen molar-refractivity contribution in [3.8, 4) is 17.4 Å². The van der Waals surface area contributed by atoms with Crippen LogP contribution in [0.25, 0.3) is 11.5 Å². The minimum atomic E-state index is -0.491. The van der Waals surface area contributed by atoms with E-state index in [1.165, 1.54) is 30.5 Å². The van der Waals surface area contributed by atoms with Gasteiger partial charge in [-0.2, -0.15) is 0 Å². The number of hydrogen-bond acceptors (Lipinski definition) is 6. The summed E-state index contributed by atoms with van der Waals surface area (Å²) in [5, 5.41) is 20.4. The summed E-state index contributed by atoms with van der Waals surface area (Å²) in [4.78, 5) is 18.5. The number of nitro benzene ring substituents is 1. The van der Waals surface area contributed by atoms with Gasteiger partial charge in [0.2, 0.25) is 5.89 Å². The smallest absolute Gasteiger partial charge is 0.312 e. The molecule has 23 heavy (non-hydrogen) atoms. The SMILES string of the molecule is O=[N+]([O-])c1ccc(-c2nc(C=Nc3ccccc3)c(O)o2)cc1. The summed E-state index contributed by atoms with van der Waals surface area (Å²) in [6, 6.07) is 14.9. The van der Waals surface area contributed by atoms with Crippen molar-refractivity contribution in [3.05, 3.63) is 70.4 Å². The van der Waals surface area contributed by atoms with E-state index in [-0.39, 0.29) is 23.2 Å². The zero-order valence-corrected chi connectivity index (χ0v) is 11.8. The molecule has 3 aromatic rings. The summed E-state index contributed by atoms with van der Waals surface area (Å²) in [5.41, 5.74) is 1.38. The maximum Gasteiger partial charge on any atom is 0.312 e. The highest BCUT2D eigenvalue weighted by atomic mass is 16.6. The second-order valence-electron chi connectivity index (χ2n) is 4.61. The Morgan fingerprint density at radius 1 is 1.13 bits per heavy atom. The summed E-state index contributed by atoms with van der Waals surface area (Å²) < 4.78 is 5.17. The van der Waals surface area contributed by atoms with Crippen molar-refractivity contribution in [2.75, 3.05) is 0 Å². The summed E-state index contributed by atoms with van der Waals surface area (Å²) in [6.45, 7) is 0. The van der Waals surface area contributed by atoms with Crippen molar-refractivity contribution in [2.24, 2.45) is 4.99 Å². The molecule has 1 aromatic heterocycles. The lowest BCUT2D eigenvalue weighted by Crippen LogP contribution is -1.87. The predicted molar refractivity (Wildman–Crippen MR) is 84.0 cm³/mol. The Bertz CT molecular complexity index is 855. The summed E-state index contributed by atoms with van der Waals surface area (Å²) in [5.74, 6) is -0.204. The van der Waals surface area contributed by atoms with Gasteiger partial charge in [0.05, 0.1) is 16.8 Å². The Balaban J connectivity index is 1.86. The largest absolute Gasteiger partial charge is 0.479 e. The maximum absolute atomic E-state index is 10.6. The van der Waals surface area contributed by atoms with E-state index >= 15 is 0 Å². The van der Waals surface area contributed by atoms with Crippen LogP contribution in [-0.4, -0.2) is 21.2 Å². The molecule has 0 amide bonds. The third-order valence-corrected chi connectivity index (χ3v) is 3.05. The average Bonchev–Trinajstić information content (AvgIpc) is 2.95. The molecule has 7 nitrogen and oxygen atoms in total. The quantitative estimate of drug-likeness (QED) is 0.449. The van der Waals surface area contributed by atoms with Crippen LogP contribution in [0.15, 0.2) is 64.0 Å². The number of para-hydroxylation sites is 1. The van der Waals surface area contributed by atoms with E-state index in [1.807, 2.05) is 30.3 Å². The topological polar surface area (TPSA) is 102 Å². The standard InChI is InChI=1S/C16H11N3O4/c20-16-14(10-17-12-4-2-1-3-5-12)18-15(23-16)11-6-8-13(9-7-11)19(21)22/h1-10,20H. The molecule has 0 aliphatic rings. The van der Waals surface area contributed by atoms with Crippen LogP contribution in [0.4, 0.5) is 11.4 Å². The maximum atomic E-state index is 10.6. The number of nitro groups is 1. The van der Waals surface area contributed by atoms with Crippen LogP contribution in [0.2, 0.25) is 0 Å². The van der Waals surface area contributed by atoms with Crippen LogP contribution in [0, 0.1) is 10.1 Å². The average molecular weight is 309 g/mol. The van der Waals surface area contributed by atoms with Crippen molar-refractivity contribution < 1.29 is 14.4 Å². The number of nitrogens with zero attached hydrogens (tertiary/aromatic N) is 3. The van der Waals surface area contributed by atoms with Gasteiger partial charge < -0.3 is 9.52 Å². The molecule has 0 spiro atoms. The minimum absolute atomic E-state index is 0.0320. The van der Waals surface area contributed by atoms with Crippen molar-refractivity contribution in [2.45, 2.75) is 0 Å². The van der Waals surface area contributed by atoms with E-state index in [0.29, 0.717) is 11.3 Å². The van der Waals surface area contributed by atoms with Gasteiger partial charge in [0.1, 0.15) is 0 Å². The molecule has 0 saturated carbocycles. The molecule has 0 fully saturated rings. The number of oxazole rings is 1. The van der Waals surface area contributed by atoms with Crippen LogP contribution in [0.3, 0.4) is 0 Å². The first kappa shape index (κ1) is 14.5. The molecule has 3 rings (SSSR count). The monoisotopic (exact) mass is 309 g/mol. The number of benzene rings is 2. The molecule has 2 aromatic carbocycles. The normalized spacial score (nSPS) is 11.0. The molecular weight excluding hydrogens is 298 g/mol. The van der Waals surface area contributed by atoms with E-state index in [2.05, 4.69) is 9.98 Å². The lowest BCUT2D eigenvalue weighted by Gasteiger charge is -1.94. The minimum Gasteiger partial charge on any atom is -0.479 e. The van der Waals surface area contributed by atoms with Gasteiger partial charge >= 0.3 is 5.95 Å². The summed E-state index contributed by atoms with van der Waals surface area (Å²) in [6.07, 6.45) is 1.39. The molecule has 0 radical (unpaired) electrons. The fourth-order valence-electron chi connectivity index (χ4n) is 1.91.